The standard InChI is InChI=1S/C11H14N4OS/c1-7-6-13-10(17-7)8(2)14-11-12-5-4-9(15-11)16-3/h4-6,8H,1-3H3,(H,12,14,15). The molecule has 2 aromatic heterocycles. The Kier molecular flexibility index (Phi) is 3.53. The zero-order chi connectivity index (χ0) is 12.3. The van der Waals surface area contributed by atoms with Gasteiger partial charge in [-0.15, -0.1) is 11.3 Å². The van der Waals surface area contributed by atoms with Gasteiger partial charge in [0.1, 0.15) is 5.01 Å². The van der Waals surface area contributed by atoms with Crippen LogP contribution in [-0.2, 0) is 0 Å². The number of nitrogens with one attached hydrogen (secondary N) is 1. The molecule has 0 radical (unpaired) electrons. The van der Waals surface area contributed by atoms with Crippen molar-refractivity contribution in [1.29, 1.82) is 0 Å². The summed E-state index contributed by atoms with van der Waals surface area (Å²) in [6.45, 7) is 4.07. The molecule has 0 saturated heterocycles. The van der Waals surface area contributed by atoms with Crippen molar-refractivity contribution < 1.29 is 4.74 Å². The van der Waals surface area contributed by atoms with Crippen molar-refractivity contribution in [2.75, 3.05) is 12.4 Å². The van der Waals surface area contributed by atoms with E-state index in [1.54, 1.807) is 30.7 Å². The molecule has 0 saturated carbocycles. The van der Waals surface area contributed by atoms with Gasteiger partial charge in [-0.25, -0.2) is 9.97 Å². The normalized spacial score (nSPS) is 12.2. The average Bonchev–Trinajstić information content (AvgIpc) is 2.76. The monoisotopic (exact) mass is 250 g/mol. The Balaban J connectivity index is 2.09. The van der Waals surface area contributed by atoms with Gasteiger partial charge in [-0.2, -0.15) is 4.98 Å². The third kappa shape index (κ3) is 2.91. The molecule has 2 heterocycles. The van der Waals surface area contributed by atoms with E-state index < -0.39 is 0 Å². The summed E-state index contributed by atoms with van der Waals surface area (Å²) < 4.78 is 5.04. The van der Waals surface area contributed by atoms with Crippen molar-refractivity contribution in [2.24, 2.45) is 0 Å². The van der Waals surface area contributed by atoms with Gasteiger partial charge in [-0.1, -0.05) is 0 Å². The van der Waals surface area contributed by atoms with Crippen molar-refractivity contribution in [3.63, 3.8) is 0 Å². The molecule has 0 aliphatic rings. The molecule has 6 heteroatoms. The lowest BCUT2D eigenvalue weighted by Crippen LogP contribution is -2.09. The van der Waals surface area contributed by atoms with Gasteiger partial charge in [-0.3, -0.25) is 0 Å². The van der Waals surface area contributed by atoms with Crippen LogP contribution in [0.4, 0.5) is 5.95 Å². The molecule has 0 bridgehead atoms. The smallest absolute Gasteiger partial charge is 0.226 e. The number of ether oxygens (including phenoxy) is 1. The summed E-state index contributed by atoms with van der Waals surface area (Å²) in [6, 6.07) is 1.80. The SMILES string of the molecule is COc1ccnc(NC(C)c2ncc(C)s2)n1. The highest BCUT2D eigenvalue weighted by Gasteiger charge is 2.10. The third-order valence-electron chi connectivity index (χ3n) is 2.19. The predicted molar refractivity (Wildman–Crippen MR) is 67.5 cm³/mol. The molecule has 1 atom stereocenters. The van der Waals surface area contributed by atoms with E-state index in [0.29, 0.717) is 11.8 Å². The van der Waals surface area contributed by atoms with Crippen molar-refractivity contribution in [3.8, 4) is 5.88 Å². The Hall–Kier alpha value is -1.69. The van der Waals surface area contributed by atoms with E-state index in [4.69, 9.17) is 4.74 Å². The zero-order valence-electron chi connectivity index (χ0n) is 9.97. The summed E-state index contributed by atoms with van der Waals surface area (Å²) in [5.41, 5.74) is 0. The van der Waals surface area contributed by atoms with Crippen LogP contribution in [0.3, 0.4) is 0 Å². The number of methoxy groups -OCH3 is 1. The Labute approximate surface area is 104 Å². The first-order valence-electron chi connectivity index (χ1n) is 5.25. The maximum Gasteiger partial charge on any atom is 0.226 e. The summed E-state index contributed by atoms with van der Waals surface area (Å²) in [6.07, 6.45) is 3.53. The van der Waals surface area contributed by atoms with Gasteiger partial charge in [0, 0.05) is 23.3 Å². The summed E-state index contributed by atoms with van der Waals surface area (Å²) >= 11 is 1.66. The Morgan fingerprint density at radius 1 is 1.41 bits per heavy atom. The molecule has 17 heavy (non-hydrogen) atoms. The Morgan fingerprint density at radius 2 is 2.24 bits per heavy atom. The van der Waals surface area contributed by atoms with Crippen LogP contribution in [0.2, 0.25) is 0 Å². The molecule has 1 N–H and O–H groups in total. The molecule has 90 valence electrons. The zero-order valence-corrected chi connectivity index (χ0v) is 10.8. The number of aromatic nitrogens is 3. The van der Waals surface area contributed by atoms with Crippen LogP contribution in [0.5, 0.6) is 5.88 Å². The lowest BCUT2D eigenvalue weighted by molar-refractivity contribution is 0.397. The lowest BCUT2D eigenvalue weighted by atomic mass is 10.3. The third-order valence-corrected chi connectivity index (χ3v) is 3.29. The van der Waals surface area contributed by atoms with Crippen molar-refractivity contribution in [1.82, 2.24) is 15.0 Å². The molecule has 0 aliphatic heterocycles. The first-order valence-corrected chi connectivity index (χ1v) is 6.06. The molecule has 0 amide bonds. The number of anilines is 1. The minimum Gasteiger partial charge on any atom is -0.481 e. The van der Waals surface area contributed by atoms with Gasteiger partial charge in [0.25, 0.3) is 0 Å². The summed E-state index contributed by atoms with van der Waals surface area (Å²) in [4.78, 5) is 13.8. The fraction of sp³-hybridized carbons (Fsp3) is 0.364. The molecule has 2 rings (SSSR count). The second kappa shape index (κ2) is 5.09. The van der Waals surface area contributed by atoms with Crippen LogP contribution in [0.25, 0.3) is 0 Å². The molecule has 2 aromatic rings. The van der Waals surface area contributed by atoms with Crippen LogP contribution in [0.15, 0.2) is 18.5 Å². The van der Waals surface area contributed by atoms with Crippen LogP contribution >= 0.6 is 11.3 Å². The lowest BCUT2D eigenvalue weighted by Gasteiger charge is -2.11. The minimum absolute atomic E-state index is 0.0841. The van der Waals surface area contributed by atoms with Crippen LogP contribution in [0, 0.1) is 6.92 Å². The van der Waals surface area contributed by atoms with Crippen molar-refractivity contribution in [3.05, 3.63) is 28.3 Å². The highest BCUT2D eigenvalue weighted by Crippen LogP contribution is 2.22. The number of aryl methyl sites for hydroxylation is 1. The molecule has 0 fully saturated rings. The first-order chi connectivity index (χ1) is 8.19. The topological polar surface area (TPSA) is 59.9 Å². The average molecular weight is 250 g/mol. The number of thiazole rings is 1. The number of rotatable bonds is 4. The fourth-order valence-corrected chi connectivity index (χ4v) is 2.13. The van der Waals surface area contributed by atoms with Gasteiger partial charge in [-0.05, 0) is 13.8 Å². The number of hydrogen-bond acceptors (Lipinski definition) is 6. The summed E-state index contributed by atoms with van der Waals surface area (Å²) in [7, 11) is 1.58. The fourth-order valence-electron chi connectivity index (χ4n) is 1.35. The van der Waals surface area contributed by atoms with E-state index in [0.717, 1.165) is 5.01 Å². The summed E-state index contributed by atoms with van der Waals surface area (Å²) in [5, 5.41) is 4.21. The molecule has 0 aromatic carbocycles. The van der Waals surface area contributed by atoms with E-state index in [9.17, 15) is 0 Å². The van der Waals surface area contributed by atoms with E-state index in [2.05, 4.69) is 20.3 Å². The molecule has 1 unspecified atom stereocenters. The number of nitrogens with zero attached hydrogens (tertiary/aromatic N) is 3. The largest absolute Gasteiger partial charge is 0.481 e. The van der Waals surface area contributed by atoms with Crippen LogP contribution in [0.1, 0.15) is 22.9 Å². The van der Waals surface area contributed by atoms with Crippen molar-refractivity contribution >= 4 is 17.3 Å². The van der Waals surface area contributed by atoms with Gasteiger partial charge >= 0.3 is 0 Å². The predicted octanol–water partition coefficient (Wildman–Crippen LogP) is 2.42. The Bertz CT molecular complexity index is 500. The maximum absolute atomic E-state index is 5.04. The Morgan fingerprint density at radius 3 is 2.88 bits per heavy atom. The molecule has 5 nitrogen and oxygen atoms in total. The molecular formula is C11H14N4OS. The van der Waals surface area contributed by atoms with E-state index in [1.165, 1.54) is 4.88 Å². The molecule has 0 spiro atoms. The number of hydrogen-bond donors (Lipinski definition) is 1. The quantitative estimate of drug-likeness (QED) is 0.903. The van der Waals surface area contributed by atoms with Gasteiger partial charge < -0.3 is 10.1 Å². The second-order valence-corrected chi connectivity index (χ2v) is 4.86. The van der Waals surface area contributed by atoms with Crippen LogP contribution < -0.4 is 10.1 Å². The summed E-state index contributed by atoms with van der Waals surface area (Å²) in [5.74, 6) is 1.09. The van der Waals surface area contributed by atoms with E-state index in [1.807, 2.05) is 20.0 Å². The molecule has 0 aliphatic carbocycles. The highest BCUT2D eigenvalue weighted by molar-refractivity contribution is 7.11. The van der Waals surface area contributed by atoms with Gasteiger partial charge in [0.2, 0.25) is 11.8 Å². The van der Waals surface area contributed by atoms with Crippen LogP contribution in [-0.4, -0.2) is 22.1 Å². The molecular weight excluding hydrogens is 236 g/mol. The minimum atomic E-state index is 0.0841. The first kappa shape index (κ1) is 11.8. The van der Waals surface area contributed by atoms with Gasteiger partial charge in [0.05, 0.1) is 13.2 Å². The second-order valence-electron chi connectivity index (χ2n) is 3.60. The van der Waals surface area contributed by atoms with Crippen molar-refractivity contribution in [2.45, 2.75) is 19.9 Å². The van der Waals surface area contributed by atoms with Gasteiger partial charge in [0.15, 0.2) is 0 Å². The van der Waals surface area contributed by atoms with E-state index >= 15 is 0 Å². The maximum atomic E-state index is 5.04. The highest BCUT2D eigenvalue weighted by atomic mass is 32.1. The van der Waals surface area contributed by atoms with E-state index in [-0.39, 0.29) is 6.04 Å².